The number of hydrogen-bond donors (Lipinski definition) is 0. The zero-order valence-electron chi connectivity index (χ0n) is 14.5. The van der Waals surface area contributed by atoms with Crippen LogP contribution in [0.3, 0.4) is 0 Å². The lowest BCUT2D eigenvalue weighted by molar-refractivity contribution is -0.153. The highest BCUT2D eigenvalue weighted by molar-refractivity contribution is 5.72. The van der Waals surface area contributed by atoms with E-state index in [0.29, 0.717) is 31.6 Å². The van der Waals surface area contributed by atoms with Gasteiger partial charge in [-0.15, -0.1) is 0 Å². The van der Waals surface area contributed by atoms with E-state index in [1.165, 1.54) is 25.3 Å². The summed E-state index contributed by atoms with van der Waals surface area (Å²) in [6.45, 7) is -2.03. The van der Waals surface area contributed by atoms with Crippen LogP contribution < -0.4 is 9.47 Å². The van der Waals surface area contributed by atoms with Gasteiger partial charge in [-0.05, 0) is 31.0 Å². The number of alkyl halides is 2. The summed E-state index contributed by atoms with van der Waals surface area (Å²) in [4.78, 5) is 16.1. The Morgan fingerprint density at radius 2 is 2.07 bits per heavy atom. The van der Waals surface area contributed by atoms with Gasteiger partial charge in [0.1, 0.15) is 0 Å². The minimum atomic E-state index is -2.97. The van der Waals surface area contributed by atoms with E-state index in [0.717, 1.165) is 0 Å². The summed E-state index contributed by atoms with van der Waals surface area (Å²) < 4.78 is 49.6. The van der Waals surface area contributed by atoms with Crippen LogP contribution in [0.4, 0.5) is 8.78 Å². The molecule has 0 radical (unpaired) electrons. The maximum atomic E-state index is 12.4. The third-order valence-corrected chi connectivity index (χ3v) is 4.00. The second kappa shape index (κ2) is 8.76. The predicted molar refractivity (Wildman–Crippen MR) is 86.3 cm³/mol. The molecule has 1 saturated heterocycles. The first kappa shape index (κ1) is 19.0. The van der Waals surface area contributed by atoms with Crippen molar-refractivity contribution in [3.05, 3.63) is 24.1 Å². The Morgan fingerprint density at radius 3 is 2.78 bits per heavy atom. The van der Waals surface area contributed by atoms with Crippen LogP contribution >= 0.6 is 0 Å². The Labute approximate surface area is 153 Å². The van der Waals surface area contributed by atoms with Gasteiger partial charge in [0.25, 0.3) is 5.89 Å². The maximum Gasteiger partial charge on any atom is 0.387 e. The van der Waals surface area contributed by atoms with Crippen LogP contribution in [0.25, 0.3) is 11.4 Å². The fraction of sp³-hybridized carbons (Fsp3) is 0.471. The predicted octanol–water partition coefficient (Wildman–Crippen LogP) is 2.82. The Hall–Kier alpha value is -2.75. The highest BCUT2D eigenvalue weighted by Gasteiger charge is 2.24. The van der Waals surface area contributed by atoms with Crippen LogP contribution in [0, 0.1) is 5.92 Å². The minimum absolute atomic E-state index is 0.102. The molecule has 0 spiro atoms. The van der Waals surface area contributed by atoms with E-state index in [1.54, 1.807) is 0 Å². The van der Waals surface area contributed by atoms with Gasteiger partial charge in [-0.25, -0.2) is 0 Å². The van der Waals surface area contributed by atoms with E-state index in [1.807, 2.05) is 0 Å². The molecule has 0 atom stereocenters. The van der Waals surface area contributed by atoms with Crippen LogP contribution in [0.2, 0.25) is 0 Å². The number of aromatic nitrogens is 2. The van der Waals surface area contributed by atoms with Crippen molar-refractivity contribution in [2.75, 3.05) is 20.3 Å². The van der Waals surface area contributed by atoms with Crippen LogP contribution in [0.15, 0.2) is 22.7 Å². The van der Waals surface area contributed by atoms with Gasteiger partial charge in [0, 0.05) is 18.8 Å². The van der Waals surface area contributed by atoms with Gasteiger partial charge in [-0.1, -0.05) is 5.16 Å². The van der Waals surface area contributed by atoms with E-state index in [2.05, 4.69) is 14.9 Å². The SMILES string of the molecule is COc1cc(-c2noc(COC(=O)C3CCOCC3)n2)ccc1OC(F)F. The number of benzene rings is 1. The van der Waals surface area contributed by atoms with Gasteiger partial charge in [0.05, 0.1) is 13.0 Å². The van der Waals surface area contributed by atoms with E-state index < -0.39 is 6.61 Å². The average molecular weight is 384 g/mol. The number of methoxy groups -OCH3 is 1. The Balaban J connectivity index is 1.63. The van der Waals surface area contributed by atoms with Crippen molar-refractivity contribution in [1.82, 2.24) is 10.1 Å². The Kier molecular flexibility index (Phi) is 6.17. The van der Waals surface area contributed by atoms with Crippen molar-refractivity contribution in [2.45, 2.75) is 26.1 Å². The molecule has 0 N–H and O–H groups in total. The number of ether oxygens (including phenoxy) is 4. The zero-order chi connectivity index (χ0) is 19.2. The molecule has 8 nitrogen and oxygen atoms in total. The summed E-state index contributed by atoms with van der Waals surface area (Å²) in [5.41, 5.74) is 0.472. The third kappa shape index (κ3) is 4.91. The molecule has 2 aromatic rings. The molecule has 1 aromatic heterocycles. The van der Waals surface area contributed by atoms with Gasteiger partial charge in [-0.2, -0.15) is 13.8 Å². The second-order valence-electron chi connectivity index (χ2n) is 5.75. The van der Waals surface area contributed by atoms with Crippen molar-refractivity contribution in [3.63, 3.8) is 0 Å². The van der Waals surface area contributed by atoms with E-state index in [4.69, 9.17) is 18.7 Å². The number of nitrogens with zero attached hydrogens (tertiary/aromatic N) is 2. The number of carbonyl (C=O) groups excluding carboxylic acids is 1. The molecule has 1 fully saturated rings. The molecule has 27 heavy (non-hydrogen) atoms. The van der Waals surface area contributed by atoms with Crippen molar-refractivity contribution >= 4 is 5.97 Å². The molecule has 1 aliphatic rings. The fourth-order valence-corrected chi connectivity index (χ4v) is 2.61. The summed E-state index contributed by atoms with van der Waals surface area (Å²) in [5.74, 6) is -0.192. The molecule has 146 valence electrons. The first-order valence-corrected chi connectivity index (χ1v) is 8.27. The molecule has 10 heteroatoms. The number of carbonyl (C=O) groups is 1. The van der Waals surface area contributed by atoms with E-state index in [-0.39, 0.29) is 41.7 Å². The number of rotatable bonds is 7. The fourth-order valence-electron chi connectivity index (χ4n) is 2.61. The Morgan fingerprint density at radius 1 is 1.30 bits per heavy atom. The van der Waals surface area contributed by atoms with Crippen molar-refractivity contribution in [2.24, 2.45) is 5.92 Å². The van der Waals surface area contributed by atoms with Gasteiger partial charge in [0.2, 0.25) is 5.82 Å². The van der Waals surface area contributed by atoms with Crippen molar-refractivity contribution in [3.8, 4) is 22.9 Å². The number of halogens is 2. The largest absolute Gasteiger partial charge is 0.493 e. The normalized spacial score (nSPS) is 15.0. The van der Waals surface area contributed by atoms with Crippen LogP contribution in [-0.2, 0) is 20.9 Å². The summed E-state index contributed by atoms with van der Waals surface area (Å²) in [5, 5.41) is 3.80. The molecular weight excluding hydrogens is 366 g/mol. The van der Waals surface area contributed by atoms with Crippen LogP contribution in [-0.4, -0.2) is 43.0 Å². The third-order valence-electron chi connectivity index (χ3n) is 4.00. The first-order chi connectivity index (χ1) is 13.1. The maximum absolute atomic E-state index is 12.4. The smallest absolute Gasteiger partial charge is 0.387 e. The second-order valence-corrected chi connectivity index (χ2v) is 5.75. The molecule has 2 heterocycles. The van der Waals surface area contributed by atoms with Crippen LogP contribution in [0.1, 0.15) is 18.7 Å². The summed E-state index contributed by atoms with van der Waals surface area (Å²) in [7, 11) is 1.33. The van der Waals surface area contributed by atoms with E-state index in [9.17, 15) is 13.6 Å². The topological polar surface area (TPSA) is 92.9 Å². The molecule has 3 rings (SSSR count). The molecule has 0 bridgehead atoms. The molecule has 1 aliphatic heterocycles. The molecule has 0 amide bonds. The lowest BCUT2D eigenvalue weighted by Gasteiger charge is -2.19. The summed E-state index contributed by atoms with van der Waals surface area (Å²) >= 11 is 0. The van der Waals surface area contributed by atoms with Gasteiger partial charge >= 0.3 is 12.6 Å². The summed E-state index contributed by atoms with van der Waals surface area (Å²) in [6, 6.07) is 4.25. The van der Waals surface area contributed by atoms with Gasteiger partial charge in [-0.3, -0.25) is 4.79 Å². The molecule has 1 aromatic carbocycles. The summed E-state index contributed by atoms with van der Waals surface area (Å²) in [6.07, 6.45) is 1.25. The molecule has 0 saturated carbocycles. The minimum Gasteiger partial charge on any atom is -0.493 e. The monoisotopic (exact) mass is 384 g/mol. The van der Waals surface area contributed by atoms with Crippen molar-refractivity contribution < 1.29 is 37.0 Å². The molecule has 0 aliphatic carbocycles. The van der Waals surface area contributed by atoms with Gasteiger partial charge < -0.3 is 23.5 Å². The lowest BCUT2D eigenvalue weighted by Crippen LogP contribution is -2.25. The molecule has 0 unspecified atom stereocenters. The standard InChI is InChI=1S/C17H18F2N2O6/c1-23-13-8-11(2-3-12(13)26-17(18)19)15-20-14(27-21-15)9-25-16(22)10-4-6-24-7-5-10/h2-3,8,10,17H,4-7,9H2,1H3. The average Bonchev–Trinajstić information content (AvgIpc) is 3.15. The van der Waals surface area contributed by atoms with Crippen LogP contribution in [0.5, 0.6) is 11.5 Å². The highest BCUT2D eigenvalue weighted by atomic mass is 19.3. The Bertz CT molecular complexity index is 777. The lowest BCUT2D eigenvalue weighted by atomic mass is 10.0. The molecular formula is C17H18F2N2O6. The number of hydrogen-bond acceptors (Lipinski definition) is 8. The number of esters is 1. The highest BCUT2D eigenvalue weighted by Crippen LogP contribution is 2.32. The quantitative estimate of drug-likeness (QED) is 0.673. The van der Waals surface area contributed by atoms with Gasteiger partial charge in [0.15, 0.2) is 18.1 Å². The zero-order valence-corrected chi connectivity index (χ0v) is 14.5. The first-order valence-electron chi connectivity index (χ1n) is 8.27. The van der Waals surface area contributed by atoms with Crippen molar-refractivity contribution in [1.29, 1.82) is 0 Å². The van der Waals surface area contributed by atoms with E-state index >= 15 is 0 Å².